The highest BCUT2D eigenvalue weighted by molar-refractivity contribution is 7.12. The van der Waals surface area contributed by atoms with Gasteiger partial charge in [-0.25, -0.2) is 4.39 Å². The Morgan fingerprint density at radius 3 is 2.63 bits per heavy atom. The Kier molecular flexibility index (Phi) is 6.08. The molecule has 0 radical (unpaired) electrons. The lowest BCUT2D eigenvalue weighted by Gasteiger charge is -2.14. The molecule has 1 amide bonds. The number of benzene rings is 2. The summed E-state index contributed by atoms with van der Waals surface area (Å²) in [6.07, 6.45) is 0. The first-order valence-corrected chi connectivity index (χ1v) is 9.33. The van der Waals surface area contributed by atoms with Crippen molar-refractivity contribution in [1.29, 1.82) is 0 Å². The molecule has 1 aromatic heterocycles. The van der Waals surface area contributed by atoms with Gasteiger partial charge in [-0.2, -0.15) is 0 Å². The van der Waals surface area contributed by atoms with Crippen LogP contribution in [-0.2, 0) is 6.61 Å². The molecule has 1 heterocycles. The van der Waals surface area contributed by atoms with E-state index in [9.17, 15) is 9.18 Å². The summed E-state index contributed by atoms with van der Waals surface area (Å²) in [6.45, 7) is 2.21. The molecule has 27 heavy (non-hydrogen) atoms. The van der Waals surface area contributed by atoms with Crippen LogP contribution in [0.4, 0.5) is 4.39 Å². The third-order valence-corrected chi connectivity index (χ3v) is 5.02. The molecule has 0 aliphatic heterocycles. The van der Waals surface area contributed by atoms with Gasteiger partial charge < -0.3 is 14.8 Å². The standard InChI is InChI=1S/C21H20FNO3S/c1-14(16-6-8-18(25-2)9-7-16)23-21(24)20-10-15(13-27-20)12-26-19-5-3-4-17(22)11-19/h3-11,13-14H,12H2,1-2H3,(H,23,24). The molecular formula is C21H20FNO3S. The number of methoxy groups -OCH3 is 1. The summed E-state index contributed by atoms with van der Waals surface area (Å²) < 4.78 is 23.9. The SMILES string of the molecule is COc1ccc(C(C)NC(=O)c2cc(COc3cccc(F)c3)cs2)cc1. The van der Waals surface area contributed by atoms with Crippen molar-refractivity contribution in [3.05, 3.63) is 81.8 Å². The van der Waals surface area contributed by atoms with Gasteiger partial charge in [0.05, 0.1) is 18.0 Å². The summed E-state index contributed by atoms with van der Waals surface area (Å²) in [6, 6.07) is 15.2. The third kappa shape index (κ3) is 5.08. The molecule has 1 unspecified atom stereocenters. The van der Waals surface area contributed by atoms with E-state index >= 15 is 0 Å². The maximum absolute atomic E-state index is 13.2. The van der Waals surface area contributed by atoms with E-state index in [2.05, 4.69) is 5.32 Å². The van der Waals surface area contributed by atoms with Crippen LogP contribution in [0.5, 0.6) is 11.5 Å². The van der Waals surface area contributed by atoms with Crippen LogP contribution in [0.1, 0.15) is 33.8 Å². The van der Waals surface area contributed by atoms with Crippen molar-refractivity contribution in [2.45, 2.75) is 19.6 Å². The Morgan fingerprint density at radius 2 is 1.93 bits per heavy atom. The molecule has 0 aliphatic carbocycles. The summed E-state index contributed by atoms with van der Waals surface area (Å²) in [4.78, 5) is 13.1. The third-order valence-electron chi connectivity index (χ3n) is 4.04. The molecule has 140 valence electrons. The van der Waals surface area contributed by atoms with E-state index < -0.39 is 0 Å². The van der Waals surface area contributed by atoms with Gasteiger partial charge in [-0.15, -0.1) is 11.3 Å². The molecule has 0 saturated carbocycles. The fraction of sp³-hybridized carbons (Fsp3) is 0.190. The average molecular weight is 385 g/mol. The molecule has 0 fully saturated rings. The van der Waals surface area contributed by atoms with Crippen LogP contribution >= 0.6 is 11.3 Å². The van der Waals surface area contributed by atoms with E-state index in [4.69, 9.17) is 9.47 Å². The number of halogens is 1. The van der Waals surface area contributed by atoms with E-state index in [1.165, 1.54) is 23.5 Å². The second-order valence-electron chi connectivity index (χ2n) is 6.03. The normalized spacial score (nSPS) is 11.7. The van der Waals surface area contributed by atoms with Gasteiger partial charge in [0.15, 0.2) is 0 Å². The fourth-order valence-corrected chi connectivity index (χ4v) is 3.34. The zero-order valence-electron chi connectivity index (χ0n) is 15.1. The number of amides is 1. The molecule has 0 aliphatic rings. The average Bonchev–Trinajstić information content (AvgIpc) is 3.16. The zero-order chi connectivity index (χ0) is 19.2. The smallest absolute Gasteiger partial charge is 0.261 e. The predicted octanol–water partition coefficient (Wildman–Crippen LogP) is 4.97. The molecule has 0 spiro atoms. The van der Waals surface area contributed by atoms with E-state index in [-0.39, 0.29) is 24.4 Å². The minimum Gasteiger partial charge on any atom is -0.497 e. The van der Waals surface area contributed by atoms with Crippen molar-refractivity contribution in [3.63, 3.8) is 0 Å². The minimum absolute atomic E-state index is 0.127. The first kappa shape index (κ1) is 18.9. The first-order chi connectivity index (χ1) is 13.0. The van der Waals surface area contributed by atoms with Crippen molar-refractivity contribution in [2.24, 2.45) is 0 Å². The van der Waals surface area contributed by atoms with Crippen LogP contribution < -0.4 is 14.8 Å². The van der Waals surface area contributed by atoms with Gasteiger partial charge in [-0.3, -0.25) is 4.79 Å². The van der Waals surface area contributed by atoms with Gasteiger partial charge in [0.2, 0.25) is 0 Å². The summed E-state index contributed by atoms with van der Waals surface area (Å²) in [5, 5.41) is 4.85. The fourth-order valence-electron chi connectivity index (χ4n) is 2.54. The topological polar surface area (TPSA) is 47.6 Å². The summed E-state index contributed by atoms with van der Waals surface area (Å²) in [5.41, 5.74) is 1.86. The van der Waals surface area contributed by atoms with Crippen LogP contribution in [0.15, 0.2) is 60.0 Å². The van der Waals surface area contributed by atoms with Crippen molar-refractivity contribution >= 4 is 17.2 Å². The molecule has 4 nitrogen and oxygen atoms in total. The van der Waals surface area contributed by atoms with E-state index in [0.29, 0.717) is 10.6 Å². The van der Waals surface area contributed by atoms with Crippen LogP contribution in [0, 0.1) is 5.82 Å². The van der Waals surface area contributed by atoms with Gasteiger partial charge in [0, 0.05) is 11.6 Å². The molecule has 0 saturated heterocycles. The first-order valence-electron chi connectivity index (χ1n) is 8.46. The number of ether oxygens (including phenoxy) is 2. The maximum atomic E-state index is 13.2. The van der Waals surface area contributed by atoms with Crippen LogP contribution in [0.3, 0.4) is 0 Å². The van der Waals surface area contributed by atoms with Crippen molar-refractivity contribution < 1.29 is 18.7 Å². The summed E-state index contributed by atoms with van der Waals surface area (Å²) in [5.74, 6) is 0.754. The van der Waals surface area contributed by atoms with Gasteiger partial charge in [-0.1, -0.05) is 18.2 Å². The van der Waals surface area contributed by atoms with Gasteiger partial charge >= 0.3 is 0 Å². The Bertz CT molecular complexity index is 908. The number of nitrogens with one attached hydrogen (secondary N) is 1. The lowest BCUT2D eigenvalue weighted by atomic mass is 10.1. The number of hydrogen-bond donors (Lipinski definition) is 1. The van der Waals surface area contributed by atoms with Crippen molar-refractivity contribution in [1.82, 2.24) is 5.32 Å². The Balaban J connectivity index is 1.57. The van der Waals surface area contributed by atoms with Crippen LogP contribution in [0.25, 0.3) is 0 Å². The van der Waals surface area contributed by atoms with E-state index in [0.717, 1.165) is 16.9 Å². The highest BCUT2D eigenvalue weighted by atomic mass is 32.1. The molecule has 1 N–H and O–H groups in total. The molecule has 1 atom stereocenters. The molecule has 3 aromatic rings. The van der Waals surface area contributed by atoms with Crippen LogP contribution in [0.2, 0.25) is 0 Å². The highest BCUT2D eigenvalue weighted by Gasteiger charge is 2.14. The summed E-state index contributed by atoms with van der Waals surface area (Å²) in [7, 11) is 1.62. The monoisotopic (exact) mass is 385 g/mol. The molecule has 6 heteroatoms. The highest BCUT2D eigenvalue weighted by Crippen LogP contribution is 2.21. The second-order valence-corrected chi connectivity index (χ2v) is 6.94. The molecule has 2 aromatic carbocycles. The Labute approximate surface area is 161 Å². The lowest BCUT2D eigenvalue weighted by molar-refractivity contribution is 0.0944. The van der Waals surface area contributed by atoms with Gasteiger partial charge in [-0.05, 0) is 48.2 Å². The summed E-state index contributed by atoms with van der Waals surface area (Å²) >= 11 is 1.35. The lowest BCUT2D eigenvalue weighted by Crippen LogP contribution is -2.25. The molecular weight excluding hydrogens is 365 g/mol. The minimum atomic E-state index is -0.342. The largest absolute Gasteiger partial charge is 0.497 e. The van der Waals surface area contributed by atoms with E-state index in [1.807, 2.05) is 36.6 Å². The number of carbonyl (C=O) groups is 1. The van der Waals surface area contributed by atoms with E-state index in [1.54, 1.807) is 25.3 Å². The van der Waals surface area contributed by atoms with Gasteiger partial charge in [0.25, 0.3) is 5.91 Å². The molecule has 0 bridgehead atoms. The quantitative estimate of drug-likeness (QED) is 0.625. The van der Waals surface area contributed by atoms with Crippen molar-refractivity contribution in [3.8, 4) is 11.5 Å². The number of rotatable bonds is 7. The number of carbonyl (C=O) groups excluding carboxylic acids is 1. The maximum Gasteiger partial charge on any atom is 0.261 e. The van der Waals surface area contributed by atoms with Crippen molar-refractivity contribution in [2.75, 3.05) is 7.11 Å². The Morgan fingerprint density at radius 1 is 1.15 bits per heavy atom. The Hall–Kier alpha value is -2.86. The number of thiophene rings is 1. The number of hydrogen-bond acceptors (Lipinski definition) is 4. The van der Waals surface area contributed by atoms with Crippen LogP contribution in [-0.4, -0.2) is 13.0 Å². The second kappa shape index (κ2) is 8.68. The zero-order valence-corrected chi connectivity index (χ0v) is 15.9. The van der Waals surface area contributed by atoms with Gasteiger partial charge in [0.1, 0.15) is 23.9 Å². The molecule has 3 rings (SSSR count). The predicted molar refractivity (Wildman–Crippen MR) is 104 cm³/mol.